The van der Waals surface area contributed by atoms with E-state index < -0.39 is 10.0 Å². The Bertz CT molecular complexity index is 513. The molecule has 102 valence electrons. The average Bonchev–Trinajstić information content (AvgIpc) is 2.30. The molecule has 0 aromatic heterocycles. The summed E-state index contributed by atoms with van der Waals surface area (Å²) in [6, 6.07) is 3.47. The number of hydrogen-bond donors (Lipinski definition) is 2. The first kappa shape index (κ1) is 15.3. The number of sulfonamides is 1. The van der Waals surface area contributed by atoms with Crippen LogP contribution in [0.25, 0.3) is 0 Å². The van der Waals surface area contributed by atoms with Crippen molar-refractivity contribution in [2.24, 2.45) is 0 Å². The molecular formula is C12H20N2O2S2. The van der Waals surface area contributed by atoms with Gasteiger partial charge >= 0.3 is 0 Å². The number of rotatable bonds is 6. The molecular weight excluding hydrogens is 268 g/mol. The minimum atomic E-state index is -3.51. The van der Waals surface area contributed by atoms with Gasteiger partial charge in [-0.05, 0) is 49.5 Å². The molecule has 0 heterocycles. The van der Waals surface area contributed by atoms with E-state index in [1.807, 2.05) is 19.2 Å². The lowest BCUT2D eigenvalue weighted by Crippen LogP contribution is -2.27. The van der Waals surface area contributed by atoms with Gasteiger partial charge in [-0.15, -0.1) is 0 Å². The van der Waals surface area contributed by atoms with Crippen LogP contribution in [0, 0.1) is 13.8 Å². The maximum Gasteiger partial charge on any atom is 0.242 e. The molecule has 4 nitrogen and oxygen atoms in total. The van der Waals surface area contributed by atoms with Gasteiger partial charge in [0.2, 0.25) is 10.0 Å². The fourth-order valence-corrected chi connectivity index (χ4v) is 3.60. The van der Waals surface area contributed by atoms with Crippen molar-refractivity contribution in [3.8, 4) is 0 Å². The van der Waals surface area contributed by atoms with Crippen molar-refractivity contribution in [3.63, 3.8) is 0 Å². The first-order valence-corrected chi connectivity index (χ1v) is 8.62. The van der Waals surface area contributed by atoms with Crippen LogP contribution in [0.3, 0.4) is 0 Å². The topological polar surface area (TPSA) is 72.2 Å². The second-order valence-electron chi connectivity index (χ2n) is 4.17. The van der Waals surface area contributed by atoms with Crippen LogP contribution < -0.4 is 10.5 Å². The Labute approximate surface area is 113 Å². The van der Waals surface area contributed by atoms with Crippen molar-refractivity contribution in [2.45, 2.75) is 25.2 Å². The number of hydrogen-bond acceptors (Lipinski definition) is 4. The van der Waals surface area contributed by atoms with Crippen molar-refractivity contribution >= 4 is 27.5 Å². The Morgan fingerprint density at radius 3 is 2.61 bits per heavy atom. The summed E-state index contributed by atoms with van der Waals surface area (Å²) in [5.41, 5.74) is 7.72. The molecule has 3 N–H and O–H groups in total. The Balaban J connectivity index is 2.95. The van der Waals surface area contributed by atoms with E-state index in [0.717, 1.165) is 17.7 Å². The van der Waals surface area contributed by atoms with Gasteiger partial charge in [-0.3, -0.25) is 0 Å². The van der Waals surface area contributed by atoms with Crippen LogP contribution >= 0.6 is 11.8 Å². The standard InChI is InChI=1S/C12H20N2O2S2/c1-9-5-6-11(13)12(10(9)2)18(15,16)14-7-4-8-17-3/h5-6,14H,4,7-8,13H2,1-3H3. The summed E-state index contributed by atoms with van der Waals surface area (Å²) in [5.74, 6) is 0.935. The molecule has 18 heavy (non-hydrogen) atoms. The van der Waals surface area contributed by atoms with E-state index in [1.165, 1.54) is 0 Å². The van der Waals surface area contributed by atoms with Crippen LogP contribution in [0.1, 0.15) is 17.5 Å². The third-order valence-electron chi connectivity index (χ3n) is 2.79. The van der Waals surface area contributed by atoms with E-state index >= 15 is 0 Å². The monoisotopic (exact) mass is 288 g/mol. The van der Waals surface area contributed by atoms with E-state index in [1.54, 1.807) is 24.8 Å². The summed E-state index contributed by atoms with van der Waals surface area (Å²) < 4.78 is 27.0. The minimum Gasteiger partial charge on any atom is -0.398 e. The van der Waals surface area contributed by atoms with Gasteiger partial charge < -0.3 is 5.73 Å². The number of nitrogens with two attached hydrogens (primary N) is 1. The van der Waals surface area contributed by atoms with E-state index in [0.29, 0.717) is 17.8 Å². The molecule has 1 rings (SSSR count). The van der Waals surface area contributed by atoms with Gasteiger partial charge in [0.05, 0.1) is 5.69 Å². The molecule has 0 radical (unpaired) electrons. The highest BCUT2D eigenvalue weighted by Gasteiger charge is 2.20. The van der Waals surface area contributed by atoms with Gasteiger partial charge in [-0.1, -0.05) is 6.07 Å². The zero-order chi connectivity index (χ0) is 13.8. The molecule has 0 fully saturated rings. The summed E-state index contributed by atoms with van der Waals surface area (Å²) in [6.45, 7) is 4.10. The lowest BCUT2D eigenvalue weighted by Gasteiger charge is -2.13. The van der Waals surface area contributed by atoms with Crippen molar-refractivity contribution in [1.82, 2.24) is 4.72 Å². The van der Waals surface area contributed by atoms with Crippen LogP contribution in [0.15, 0.2) is 17.0 Å². The van der Waals surface area contributed by atoms with Gasteiger partial charge in [0.25, 0.3) is 0 Å². The van der Waals surface area contributed by atoms with Crippen LogP contribution in [-0.4, -0.2) is 27.0 Å². The fraction of sp³-hybridized carbons (Fsp3) is 0.500. The summed E-state index contributed by atoms with van der Waals surface area (Å²) in [5, 5.41) is 0. The zero-order valence-electron chi connectivity index (χ0n) is 11.0. The number of nitrogen functional groups attached to an aromatic ring is 1. The van der Waals surface area contributed by atoms with Crippen LogP contribution in [0.2, 0.25) is 0 Å². The SMILES string of the molecule is CSCCCNS(=O)(=O)c1c(N)ccc(C)c1C. The molecule has 0 spiro atoms. The summed E-state index contributed by atoms with van der Waals surface area (Å²) in [7, 11) is -3.51. The highest BCUT2D eigenvalue weighted by atomic mass is 32.2. The third-order valence-corrected chi connectivity index (χ3v) is 5.15. The quantitative estimate of drug-likeness (QED) is 0.619. The lowest BCUT2D eigenvalue weighted by molar-refractivity contribution is 0.581. The first-order valence-electron chi connectivity index (χ1n) is 5.74. The molecule has 0 aliphatic carbocycles. The predicted molar refractivity (Wildman–Crippen MR) is 78.5 cm³/mol. The second kappa shape index (κ2) is 6.45. The average molecular weight is 288 g/mol. The van der Waals surface area contributed by atoms with Gasteiger partial charge in [-0.25, -0.2) is 13.1 Å². The van der Waals surface area contributed by atoms with Crippen molar-refractivity contribution in [1.29, 1.82) is 0 Å². The Morgan fingerprint density at radius 1 is 1.33 bits per heavy atom. The highest BCUT2D eigenvalue weighted by molar-refractivity contribution is 7.98. The molecule has 0 atom stereocenters. The first-order chi connectivity index (χ1) is 8.40. The van der Waals surface area contributed by atoms with E-state index in [4.69, 9.17) is 5.73 Å². The van der Waals surface area contributed by atoms with Crippen LogP contribution in [-0.2, 0) is 10.0 Å². The van der Waals surface area contributed by atoms with Crippen molar-refractivity contribution in [3.05, 3.63) is 23.3 Å². The molecule has 0 aliphatic heterocycles. The number of thioether (sulfide) groups is 1. The van der Waals surface area contributed by atoms with Crippen LogP contribution in [0.5, 0.6) is 0 Å². The molecule has 0 bridgehead atoms. The maximum absolute atomic E-state index is 12.2. The van der Waals surface area contributed by atoms with Gasteiger partial charge in [0.1, 0.15) is 4.90 Å². The Hall–Kier alpha value is -0.720. The smallest absolute Gasteiger partial charge is 0.242 e. The molecule has 0 amide bonds. The highest BCUT2D eigenvalue weighted by Crippen LogP contribution is 2.24. The Kier molecular flexibility index (Phi) is 5.49. The Morgan fingerprint density at radius 2 is 2.00 bits per heavy atom. The molecule has 0 aliphatic rings. The fourth-order valence-electron chi connectivity index (χ4n) is 1.66. The summed E-state index contributed by atoms with van der Waals surface area (Å²) in [6.07, 6.45) is 2.81. The van der Waals surface area contributed by atoms with E-state index in [2.05, 4.69) is 4.72 Å². The minimum absolute atomic E-state index is 0.214. The van der Waals surface area contributed by atoms with E-state index in [-0.39, 0.29) is 4.90 Å². The molecule has 1 aromatic rings. The van der Waals surface area contributed by atoms with Crippen LogP contribution in [0.4, 0.5) is 5.69 Å². The normalized spacial score (nSPS) is 11.7. The lowest BCUT2D eigenvalue weighted by atomic mass is 10.1. The largest absolute Gasteiger partial charge is 0.398 e. The number of nitrogens with one attached hydrogen (secondary N) is 1. The molecule has 1 aromatic carbocycles. The van der Waals surface area contributed by atoms with E-state index in [9.17, 15) is 8.42 Å². The zero-order valence-corrected chi connectivity index (χ0v) is 12.6. The number of aryl methyl sites for hydroxylation is 1. The molecule has 6 heteroatoms. The second-order valence-corrected chi connectivity index (χ2v) is 6.86. The van der Waals surface area contributed by atoms with Crippen molar-refractivity contribution in [2.75, 3.05) is 24.3 Å². The summed E-state index contributed by atoms with van der Waals surface area (Å²) >= 11 is 1.70. The third kappa shape index (κ3) is 3.63. The molecule has 0 saturated heterocycles. The molecule has 0 saturated carbocycles. The van der Waals surface area contributed by atoms with Gasteiger partial charge in [0.15, 0.2) is 0 Å². The van der Waals surface area contributed by atoms with Gasteiger partial charge in [-0.2, -0.15) is 11.8 Å². The number of anilines is 1. The van der Waals surface area contributed by atoms with Gasteiger partial charge in [0, 0.05) is 6.54 Å². The maximum atomic E-state index is 12.2. The summed E-state index contributed by atoms with van der Waals surface area (Å²) in [4.78, 5) is 0.214. The number of benzene rings is 1. The molecule has 0 unspecified atom stereocenters. The predicted octanol–water partition coefficient (Wildman–Crippen LogP) is 1.92. The van der Waals surface area contributed by atoms with Crippen molar-refractivity contribution < 1.29 is 8.42 Å².